The number of unbranched alkanes of at least 4 members (excludes halogenated alkanes) is 2. The molecule has 0 spiro atoms. The van der Waals surface area contributed by atoms with Crippen molar-refractivity contribution in [3.63, 3.8) is 0 Å². The zero-order valence-corrected chi connectivity index (χ0v) is 24.5. The maximum atomic E-state index is 13.0. The van der Waals surface area contributed by atoms with Crippen molar-refractivity contribution in [3.05, 3.63) is 53.6 Å². The van der Waals surface area contributed by atoms with E-state index in [0.29, 0.717) is 50.2 Å². The molecule has 0 amide bonds. The van der Waals surface area contributed by atoms with Gasteiger partial charge in [0.25, 0.3) is 0 Å². The van der Waals surface area contributed by atoms with Gasteiger partial charge in [0.1, 0.15) is 17.2 Å². The van der Waals surface area contributed by atoms with Crippen LogP contribution in [0.4, 0.5) is 22.0 Å². The molecule has 1 aliphatic heterocycles. The zero-order chi connectivity index (χ0) is 31.0. The summed E-state index contributed by atoms with van der Waals surface area (Å²) in [6.07, 6.45) is -2.43. The Morgan fingerprint density at radius 3 is 2.21 bits per heavy atom. The van der Waals surface area contributed by atoms with E-state index in [9.17, 15) is 42.1 Å². The van der Waals surface area contributed by atoms with E-state index in [1.807, 2.05) is 18.2 Å². The zero-order valence-electron chi connectivity index (χ0n) is 23.6. The summed E-state index contributed by atoms with van der Waals surface area (Å²) in [5.74, 6) is -4.29. The maximum absolute atomic E-state index is 13.0. The van der Waals surface area contributed by atoms with Crippen LogP contribution in [0, 0.1) is 5.92 Å². The summed E-state index contributed by atoms with van der Waals surface area (Å²) in [7, 11) is 0. The second kappa shape index (κ2) is 14.7. The van der Waals surface area contributed by atoms with E-state index in [1.54, 1.807) is 24.3 Å². The Labute approximate surface area is 247 Å². The van der Waals surface area contributed by atoms with Gasteiger partial charge in [-0.15, -0.1) is 0 Å². The molecular formula is C31H39F5O5S. The summed E-state index contributed by atoms with van der Waals surface area (Å²) >= 11 is 1.31. The van der Waals surface area contributed by atoms with E-state index in [0.717, 1.165) is 24.0 Å². The van der Waals surface area contributed by atoms with Gasteiger partial charge < -0.3 is 20.1 Å². The fourth-order valence-corrected chi connectivity index (χ4v) is 6.53. The number of thioether (sulfide) groups is 1. The number of halogens is 5. The van der Waals surface area contributed by atoms with Gasteiger partial charge in [-0.2, -0.15) is 33.7 Å². The van der Waals surface area contributed by atoms with Crippen molar-refractivity contribution in [2.24, 2.45) is 5.92 Å². The molecule has 1 heterocycles. The highest BCUT2D eigenvalue weighted by Gasteiger charge is 2.56. The van der Waals surface area contributed by atoms with Crippen molar-refractivity contribution in [3.8, 4) is 17.2 Å². The van der Waals surface area contributed by atoms with Crippen LogP contribution in [-0.2, 0) is 10.2 Å². The lowest BCUT2D eigenvalue weighted by Crippen LogP contribution is -2.40. The molecule has 1 aliphatic rings. The second-order valence-electron chi connectivity index (χ2n) is 11.3. The van der Waals surface area contributed by atoms with Crippen molar-refractivity contribution < 1.29 is 46.8 Å². The van der Waals surface area contributed by atoms with Crippen LogP contribution >= 0.6 is 11.8 Å². The molecule has 0 bridgehead atoms. The van der Waals surface area contributed by atoms with Crippen molar-refractivity contribution in [1.29, 1.82) is 0 Å². The SMILES string of the molecule is CC1(c2ccc(O)cc2)COc2cc(O)ccc2C1CCCCC(CCCCSCCCC(F)(F)C(F)(F)F)C(=O)O. The van der Waals surface area contributed by atoms with Crippen LogP contribution in [0.15, 0.2) is 42.5 Å². The quantitative estimate of drug-likeness (QED) is 0.129. The molecule has 0 fully saturated rings. The van der Waals surface area contributed by atoms with Crippen LogP contribution in [0.3, 0.4) is 0 Å². The average Bonchev–Trinajstić information content (AvgIpc) is 2.91. The second-order valence-corrected chi connectivity index (χ2v) is 12.5. The van der Waals surface area contributed by atoms with Crippen LogP contribution in [0.1, 0.15) is 81.8 Å². The maximum Gasteiger partial charge on any atom is 0.453 e. The van der Waals surface area contributed by atoms with E-state index in [4.69, 9.17) is 4.74 Å². The van der Waals surface area contributed by atoms with Crippen LogP contribution in [-0.4, -0.2) is 51.5 Å². The van der Waals surface area contributed by atoms with Gasteiger partial charge in [-0.25, -0.2) is 0 Å². The van der Waals surface area contributed by atoms with E-state index < -0.39 is 35.8 Å². The molecule has 3 atom stereocenters. The lowest BCUT2D eigenvalue weighted by Gasteiger charge is -2.43. The number of phenols is 2. The summed E-state index contributed by atoms with van der Waals surface area (Å²) in [5.41, 5.74) is 1.59. The third kappa shape index (κ3) is 8.91. The normalized spacial score (nSPS) is 19.6. The Morgan fingerprint density at radius 1 is 0.952 bits per heavy atom. The number of benzene rings is 2. The molecule has 5 nitrogen and oxygen atoms in total. The first-order valence-corrected chi connectivity index (χ1v) is 15.4. The van der Waals surface area contributed by atoms with Gasteiger partial charge in [0.2, 0.25) is 0 Å². The minimum Gasteiger partial charge on any atom is -0.508 e. The van der Waals surface area contributed by atoms with Gasteiger partial charge >= 0.3 is 18.1 Å². The number of carbonyl (C=O) groups is 1. The molecule has 42 heavy (non-hydrogen) atoms. The van der Waals surface area contributed by atoms with Crippen LogP contribution in [0.25, 0.3) is 0 Å². The fraction of sp³-hybridized carbons (Fsp3) is 0.581. The molecule has 0 radical (unpaired) electrons. The number of hydrogen-bond donors (Lipinski definition) is 3. The molecule has 0 saturated carbocycles. The predicted molar refractivity (Wildman–Crippen MR) is 153 cm³/mol. The molecule has 0 saturated heterocycles. The number of carboxylic acid groups (broad SMARTS) is 1. The molecule has 0 aliphatic carbocycles. The lowest BCUT2D eigenvalue weighted by molar-refractivity contribution is -0.284. The molecule has 2 aromatic rings. The van der Waals surface area contributed by atoms with Crippen LogP contribution in [0.5, 0.6) is 17.2 Å². The number of alkyl halides is 5. The predicted octanol–water partition coefficient (Wildman–Crippen LogP) is 8.67. The number of ether oxygens (including phenoxy) is 1. The molecule has 3 N–H and O–H groups in total. The fourth-order valence-electron chi connectivity index (χ4n) is 5.57. The van der Waals surface area contributed by atoms with Crippen molar-refractivity contribution in [2.45, 2.75) is 88.1 Å². The number of aliphatic carboxylic acids is 1. The van der Waals surface area contributed by atoms with Gasteiger partial charge in [-0.3, -0.25) is 4.79 Å². The van der Waals surface area contributed by atoms with Gasteiger partial charge in [0.05, 0.1) is 12.5 Å². The molecule has 0 aromatic heterocycles. The molecule has 234 valence electrons. The van der Waals surface area contributed by atoms with Crippen LogP contribution in [0.2, 0.25) is 0 Å². The summed E-state index contributed by atoms with van der Waals surface area (Å²) < 4.78 is 68.6. The third-order valence-electron chi connectivity index (χ3n) is 8.13. The van der Waals surface area contributed by atoms with Crippen molar-refractivity contribution in [1.82, 2.24) is 0 Å². The summed E-state index contributed by atoms with van der Waals surface area (Å²) in [5, 5.41) is 29.4. The number of phenolic OH excluding ortho intramolecular Hbond substituents is 2. The summed E-state index contributed by atoms with van der Waals surface area (Å²) in [6, 6.07) is 12.2. The Bertz CT molecular complexity index is 1160. The first kappa shape index (κ1) is 33.8. The number of fused-ring (bicyclic) bond motifs is 1. The Balaban J connectivity index is 1.47. The highest BCUT2D eigenvalue weighted by atomic mass is 32.2. The molecule has 3 rings (SSSR count). The Hall–Kier alpha value is -2.69. The number of rotatable bonds is 16. The van der Waals surface area contributed by atoms with E-state index in [2.05, 4.69) is 6.92 Å². The Morgan fingerprint density at radius 2 is 1.57 bits per heavy atom. The topological polar surface area (TPSA) is 87.0 Å². The molecule has 3 unspecified atom stereocenters. The Kier molecular flexibility index (Phi) is 11.8. The first-order chi connectivity index (χ1) is 19.7. The smallest absolute Gasteiger partial charge is 0.453 e. The first-order valence-electron chi connectivity index (χ1n) is 14.2. The standard InChI is InChI=1S/C31H39F5O5S/c1-29(22-10-12-23(37)13-11-22)20-41-27-19-24(38)14-15-25(27)26(29)9-3-2-7-21(28(39)40)8-4-5-17-42-18-6-16-30(32,33)31(34,35)36/h10-15,19,21,26,37-38H,2-9,16-18,20H2,1H3,(H,39,40). The molecule has 2 aromatic carbocycles. The monoisotopic (exact) mass is 618 g/mol. The minimum absolute atomic E-state index is 0.0442. The van der Waals surface area contributed by atoms with E-state index in [1.165, 1.54) is 11.8 Å². The minimum atomic E-state index is -5.52. The van der Waals surface area contributed by atoms with Crippen LogP contribution < -0.4 is 4.74 Å². The van der Waals surface area contributed by atoms with Crippen molar-refractivity contribution >= 4 is 17.7 Å². The highest BCUT2D eigenvalue weighted by Crippen LogP contribution is 2.50. The average molecular weight is 619 g/mol. The van der Waals surface area contributed by atoms with E-state index >= 15 is 0 Å². The molecular weight excluding hydrogens is 579 g/mol. The van der Waals surface area contributed by atoms with Gasteiger partial charge in [-0.1, -0.05) is 44.4 Å². The number of hydrogen-bond acceptors (Lipinski definition) is 5. The van der Waals surface area contributed by atoms with Gasteiger partial charge in [0, 0.05) is 23.8 Å². The number of carboxylic acids is 1. The lowest BCUT2D eigenvalue weighted by atomic mass is 9.66. The number of aromatic hydroxyl groups is 2. The summed E-state index contributed by atoms with van der Waals surface area (Å²) in [6.45, 7) is 2.50. The third-order valence-corrected chi connectivity index (χ3v) is 9.28. The van der Waals surface area contributed by atoms with E-state index in [-0.39, 0.29) is 29.6 Å². The van der Waals surface area contributed by atoms with Gasteiger partial charge in [0.15, 0.2) is 0 Å². The highest BCUT2D eigenvalue weighted by molar-refractivity contribution is 7.99. The molecule has 11 heteroatoms. The largest absolute Gasteiger partial charge is 0.508 e. The van der Waals surface area contributed by atoms with Crippen molar-refractivity contribution in [2.75, 3.05) is 18.1 Å². The van der Waals surface area contributed by atoms with Gasteiger partial charge in [-0.05, 0) is 72.9 Å². The summed E-state index contributed by atoms with van der Waals surface area (Å²) in [4.78, 5) is 11.9.